The Kier molecular flexibility index (Phi) is 8.15. The molecule has 34 heavy (non-hydrogen) atoms. The van der Waals surface area contributed by atoms with Gasteiger partial charge in [-0.15, -0.1) is 0 Å². The lowest BCUT2D eigenvalue weighted by molar-refractivity contribution is -0.384. The van der Waals surface area contributed by atoms with E-state index in [2.05, 4.69) is 10.2 Å². The summed E-state index contributed by atoms with van der Waals surface area (Å²) < 4.78 is 5.65. The lowest BCUT2D eigenvalue weighted by Gasteiger charge is -2.48. The van der Waals surface area contributed by atoms with Gasteiger partial charge in [0.2, 0.25) is 0 Å². The van der Waals surface area contributed by atoms with Gasteiger partial charge >= 0.3 is 5.97 Å². The molecule has 0 aliphatic rings. The van der Waals surface area contributed by atoms with Gasteiger partial charge in [-0.05, 0) is 62.6 Å². The molecule has 0 amide bonds. The van der Waals surface area contributed by atoms with E-state index in [0.29, 0.717) is 17.9 Å². The Balaban J connectivity index is 1.95. The monoisotopic (exact) mass is 469 g/mol. The van der Waals surface area contributed by atoms with Gasteiger partial charge < -0.3 is 15.4 Å². The van der Waals surface area contributed by atoms with E-state index in [4.69, 9.17) is 10.5 Å². The molecular formula is C25H35N5O4. The van der Waals surface area contributed by atoms with Crippen LogP contribution in [0, 0.1) is 20.9 Å². The average Bonchev–Trinajstić information content (AvgIpc) is 2.76. The Labute approximate surface area is 201 Å². The van der Waals surface area contributed by atoms with Crippen molar-refractivity contribution in [2.24, 2.45) is 26.8 Å². The van der Waals surface area contributed by atoms with Gasteiger partial charge in [-0.25, -0.2) is 0 Å². The zero-order chi connectivity index (χ0) is 25.7. The third-order valence-corrected chi connectivity index (χ3v) is 6.49. The number of non-ortho nitro benzene ring substituents is 1. The number of rotatable bonds is 9. The highest BCUT2D eigenvalue weighted by Crippen LogP contribution is 2.46. The van der Waals surface area contributed by atoms with E-state index in [1.807, 2.05) is 77.8 Å². The summed E-state index contributed by atoms with van der Waals surface area (Å²) in [4.78, 5) is 25.2. The molecule has 0 spiro atoms. The number of hydrogen-bond donors (Lipinski definition) is 1. The van der Waals surface area contributed by atoms with Crippen LogP contribution in [0.25, 0.3) is 0 Å². The molecule has 0 fully saturated rings. The van der Waals surface area contributed by atoms with Crippen LogP contribution in [0.5, 0.6) is 0 Å². The molecule has 0 saturated carbocycles. The maximum absolute atomic E-state index is 13.0. The van der Waals surface area contributed by atoms with Crippen molar-refractivity contribution >= 4 is 28.7 Å². The van der Waals surface area contributed by atoms with Gasteiger partial charge in [0.05, 0.1) is 28.3 Å². The van der Waals surface area contributed by atoms with Crippen LogP contribution in [0.4, 0.5) is 22.7 Å². The molecule has 1 atom stereocenters. The molecule has 184 valence electrons. The van der Waals surface area contributed by atoms with Gasteiger partial charge in [-0.3, -0.25) is 14.9 Å². The molecule has 0 aliphatic carbocycles. The summed E-state index contributed by atoms with van der Waals surface area (Å²) in [5.74, 6) is -0.303. The number of esters is 1. The molecule has 9 nitrogen and oxygen atoms in total. The van der Waals surface area contributed by atoms with E-state index in [1.54, 1.807) is 12.1 Å². The quantitative estimate of drug-likeness (QED) is 0.215. The third-order valence-electron chi connectivity index (χ3n) is 6.49. The number of hydrogen-bond acceptors (Lipinski definition) is 8. The summed E-state index contributed by atoms with van der Waals surface area (Å²) in [6.07, 6.45) is 0. The SMILES string of the molecule is CN(CCOC(=O)C(C)(C(C)(C)C)C(C)(C)N)c1ccc(N=Nc2ccc([N+](=O)[O-])cc2)cc1. The van der Waals surface area contributed by atoms with Gasteiger partial charge in [-0.1, -0.05) is 20.8 Å². The summed E-state index contributed by atoms with van der Waals surface area (Å²) in [7, 11) is 1.91. The highest BCUT2D eigenvalue weighted by Gasteiger charge is 2.54. The molecule has 2 N–H and O–H groups in total. The molecule has 0 bridgehead atoms. The van der Waals surface area contributed by atoms with E-state index in [1.165, 1.54) is 12.1 Å². The minimum absolute atomic E-state index is 0.00629. The lowest BCUT2D eigenvalue weighted by Crippen LogP contribution is -2.60. The van der Waals surface area contributed by atoms with Gasteiger partial charge in [-0.2, -0.15) is 10.2 Å². The number of nitro benzene ring substituents is 1. The van der Waals surface area contributed by atoms with Gasteiger partial charge in [0.1, 0.15) is 6.61 Å². The van der Waals surface area contributed by atoms with Crippen LogP contribution >= 0.6 is 0 Å². The van der Waals surface area contributed by atoms with Gasteiger partial charge in [0.15, 0.2) is 0 Å². The summed E-state index contributed by atoms with van der Waals surface area (Å²) in [5.41, 5.74) is 6.51. The largest absolute Gasteiger partial charge is 0.463 e. The summed E-state index contributed by atoms with van der Waals surface area (Å²) in [6.45, 7) is 12.3. The molecule has 2 aromatic carbocycles. The van der Waals surface area contributed by atoms with Crippen molar-refractivity contribution in [1.29, 1.82) is 0 Å². The van der Waals surface area contributed by atoms with Gasteiger partial charge in [0.25, 0.3) is 5.69 Å². The van der Waals surface area contributed by atoms with E-state index < -0.39 is 15.9 Å². The number of ether oxygens (including phenoxy) is 1. The standard InChI is InChI=1S/C25H35N5O4/c1-23(2,3)25(6,24(4,5)26)22(31)34-17-16-29(7)20-12-8-18(9-13-20)27-28-19-10-14-21(15-11-19)30(32)33/h8-15H,16-17,26H2,1-7H3. The smallest absolute Gasteiger partial charge is 0.314 e. The van der Waals surface area contributed by atoms with Crippen LogP contribution in [-0.2, 0) is 9.53 Å². The van der Waals surface area contributed by atoms with Crippen LogP contribution in [0.1, 0.15) is 41.5 Å². The summed E-state index contributed by atoms with van der Waals surface area (Å²) >= 11 is 0. The number of nitrogens with two attached hydrogens (primary N) is 1. The number of likely N-dealkylation sites (N-methyl/N-ethyl adjacent to an activating group) is 1. The zero-order valence-electron chi connectivity index (χ0n) is 21.0. The highest BCUT2D eigenvalue weighted by atomic mass is 16.6. The highest BCUT2D eigenvalue weighted by molar-refractivity contribution is 5.79. The van der Waals surface area contributed by atoms with E-state index in [9.17, 15) is 14.9 Å². The van der Waals surface area contributed by atoms with Crippen LogP contribution in [0.15, 0.2) is 58.8 Å². The minimum Gasteiger partial charge on any atom is -0.463 e. The van der Waals surface area contributed by atoms with E-state index in [-0.39, 0.29) is 23.7 Å². The number of carbonyl (C=O) groups is 1. The fourth-order valence-corrected chi connectivity index (χ4v) is 3.61. The Hall–Kier alpha value is -3.33. The topological polar surface area (TPSA) is 123 Å². The predicted octanol–water partition coefficient (Wildman–Crippen LogP) is 5.78. The van der Waals surface area contributed by atoms with E-state index in [0.717, 1.165) is 5.69 Å². The fraction of sp³-hybridized carbons (Fsp3) is 0.480. The number of nitro groups is 1. The third kappa shape index (κ3) is 6.17. The van der Waals surface area contributed by atoms with Crippen molar-refractivity contribution in [3.05, 3.63) is 58.6 Å². The Morgan fingerprint density at radius 3 is 1.85 bits per heavy atom. The summed E-state index contributed by atoms with van der Waals surface area (Å²) in [6, 6.07) is 13.3. The maximum atomic E-state index is 13.0. The first-order chi connectivity index (χ1) is 15.7. The molecule has 0 heterocycles. The molecule has 2 rings (SSSR count). The first-order valence-corrected chi connectivity index (χ1v) is 11.1. The van der Waals surface area contributed by atoms with Crippen LogP contribution in [-0.4, -0.2) is 36.6 Å². The first-order valence-electron chi connectivity index (χ1n) is 11.1. The maximum Gasteiger partial charge on any atom is 0.314 e. The Morgan fingerprint density at radius 2 is 1.44 bits per heavy atom. The summed E-state index contributed by atoms with van der Waals surface area (Å²) in [5, 5.41) is 19.0. The second-order valence-electron chi connectivity index (χ2n) is 10.1. The number of nitrogens with zero attached hydrogens (tertiary/aromatic N) is 4. The molecule has 0 aliphatic heterocycles. The number of carbonyl (C=O) groups excluding carboxylic acids is 1. The molecule has 0 saturated heterocycles. The number of benzene rings is 2. The molecule has 0 aromatic heterocycles. The fourth-order valence-electron chi connectivity index (χ4n) is 3.61. The number of azo groups is 1. The van der Waals surface area contributed by atoms with Crippen molar-refractivity contribution in [2.75, 3.05) is 25.1 Å². The number of anilines is 1. The average molecular weight is 470 g/mol. The van der Waals surface area contributed by atoms with Crippen molar-refractivity contribution in [3.63, 3.8) is 0 Å². The van der Waals surface area contributed by atoms with Crippen LogP contribution in [0.2, 0.25) is 0 Å². The van der Waals surface area contributed by atoms with E-state index >= 15 is 0 Å². The lowest BCUT2D eigenvalue weighted by atomic mass is 9.58. The molecule has 9 heteroatoms. The Bertz CT molecular complexity index is 1010. The Morgan fingerprint density at radius 1 is 0.971 bits per heavy atom. The normalized spacial score (nSPS) is 14.0. The van der Waals surface area contributed by atoms with Crippen molar-refractivity contribution in [2.45, 2.75) is 47.1 Å². The van der Waals surface area contributed by atoms with Crippen LogP contribution < -0.4 is 10.6 Å². The van der Waals surface area contributed by atoms with Gasteiger partial charge in [0, 0.05) is 30.4 Å². The second kappa shape index (κ2) is 10.3. The molecule has 2 aromatic rings. The first kappa shape index (κ1) is 26.9. The van der Waals surface area contributed by atoms with Crippen molar-refractivity contribution in [3.8, 4) is 0 Å². The minimum atomic E-state index is -0.852. The molecule has 0 radical (unpaired) electrons. The van der Waals surface area contributed by atoms with Crippen molar-refractivity contribution in [1.82, 2.24) is 0 Å². The predicted molar refractivity (Wildman–Crippen MR) is 134 cm³/mol. The molecule has 1 unspecified atom stereocenters. The second-order valence-corrected chi connectivity index (χ2v) is 10.1. The zero-order valence-corrected chi connectivity index (χ0v) is 21.0. The molecular weight excluding hydrogens is 434 g/mol. The van der Waals surface area contributed by atoms with Crippen LogP contribution in [0.3, 0.4) is 0 Å². The van der Waals surface area contributed by atoms with Crippen molar-refractivity contribution < 1.29 is 14.5 Å².